The number of anilines is 1. The quantitative estimate of drug-likeness (QED) is 0.867. The molecule has 0 aliphatic carbocycles. The molecule has 0 saturated carbocycles. The van der Waals surface area contributed by atoms with E-state index in [1.165, 1.54) is 0 Å². The topological polar surface area (TPSA) is 61.9 Å². The maximum Gasteiger partial charge on any atom is 0.264 e. The van der Waals surface area contributed by atoms with Gasteiger partial charge in [0.25, 0.3) is 5.91 Å². The summed E-state index contributed by atoms with van der Waals surface area (Å²) >= 11 is 0. The first kappa shape index (κ1) is 19.5. The van der Waals surface area contributed by atoms with Crippen molar-refractivity contribution in [2.24, 2.45) is 0 Å². The maximum atomic E-state index is 12.8. The second kappa shape index (κ2) is 8.25. The molecule has 6 nitrogen and oxygen atoms in total. The van der Waals surface area contributed by atoms with E-state index in [1.807, 2.05) is 61.2 Å². The van der Waals surface area contributed by atoms with E-state index in [-0.39, 0.29) is 11.8 Å². The summed E-state index contributed by atoms with van der Waals surface area (Å²) in [5, 5.41) is 3.03. The number of rotatable bonds is 4. The van der Waals surface area contributed by atoms with Crippen LogP contribution in [0.5, 0.6) is 5.75 Å². The zero-order valence-electron chi connectivity index (χ0n) is 17.0. The summed E-state index contributed by atoms with van der Waals surface area (Å²) in [6.45, 7) is 6.93. The van der Waals surface area contributed by atoms with Crippen LogP contribution in [0.2, 0.25) is 0 Å². The van der Waals surface area contributed by atoms with Crippen molar-refractivity contribution < 1.29 is 14.3 Å². The number of hydrogen-bond donors (Lipinski definition) is 1. The van der Waals surface area contributed by atoms with Gasteiger partial charge in [0, 0.05) is 38.3 Å². The van der Waals surface area contributed by atoms with Crippen LogP contribution in [0.3, 0.4) is 0 Å². The second-order valence-electron chi connectivity index (χ2n) is 7.83. The molecule has 2 amide bonds. The van der Waals surface area contributed by atoms with Crippen molar-refractivity contribution in [3.8, 4) is 5.75 Å². The molecular formula is C23H27N3O3. The smallest absolute Gasteiger partial charge is 0.264 e. The molecule has 1 N–H and O–H groups in total. The van der Waals surface area contributed by atoms with E-state index < -0.39 is 6.10 Å². The first-order valence-corrected chi connectivity index (χ1v) is 10.1. The number of carbonyl (C=O) groups is 2. The molecule has 2 aliphatic heterocycles. The Kier molecular flexibility index (Phi) is 5.53. The number of nitrogens with one attached hydrogen (secondary N) is 1. The number of para-hydroxylation sites is 2. The summed E-state index contributed by atoms with van der Waals surface area (Å²) < 4.78 is 5.83. The molecule has 0 radical (unpaired) electrons. The Balaban J connectivity index is 1.26. The van der Waals surface area contributed by atoms with E-state index in [2.05, 4.69) is 10.2 Å². The lowest BCUT2D eigenvalue weighted by Crippen LogP contribution is -2.53. The third-order valence-corrected chi connectivity index (χ3v) is 5.72. The highest BCUT2D eigenvalue weighted by molar-refractivity contribution is 5.93. The lowest BCUT2D eigenvalue weighted by atomic mass is 10.1. The standard InChI is InChI=1S/C23H27N3O3/c1-16-6-5-7-17(2)22(16)24-21(27)15-25-10-12-26(13-11-25)23(28)20-14-18-8-3-4-9-19(18)29-20/h3-9,20H,10-15H2,1-2H3,(H,24,27)/t20-/m1/s1. The molecule has 0 unspecified atom stereocenters. The van der Waals surface area contributed by atoms with Gasteiger partial charge < -0.3 is 15.0 Å². The van der Waals surface area contributed by atoms with Gasteiger partial charge in [-0.3, -0.25) is 14.5 Å². The van der Waals surface area contributed by atoms with Crippen molar-refractivity contribution in [1.29, 1.82) is 0 Å². The molecule has 1 saturated heterocycles. The molecule has 4 rings (SSSR count). The Morgan fingerprint density at radius 2 is 1.69 bits per heavy atom. The van der Waals surface area contributed by atoms with Gasteiger partial charge >= 0.3 is 0 Å². The van der Waals surface area contributed by atoms with Gasteiger partial charge in [-0.15, -0.1) is 0 Å². The third-order valence-electron chi connectivity index (χ3n) is 5.72. The summed E-state index contributed by atoms with van der Waals surface area (Å²) in [5.41, 5.74) is 4.11. The molecule has 1 fully saturated rings. The van der Waals surface area contributed by atoms with Gasteiger partial charge in [0.1, 0.15) is 5.75 Å². The van der Waals surface area contributed by atoms with Crippen molar-refractivity contribution >= 4 is 17.5 Å². The molecule has 29 heavy (non-hydrogen) atoms. The molecule has 2 aromatic rings. The number of piperazine rings is 1. The number of amides is 2. The molecule has 6 heteroatoms. The van der Waals surface area contributed by atoms with Crippen LogP contribution in [0, 0.1) is 13.8 Å². The summed E-state index contributed by atoms with van der Waals surface area (Å²) in [4.78, 5) is 29.3. The number of carbonyl (C=O) groups excluding carboxylic acids is 2. The van der Waals surface area contributed by atoms with Crippen LogP contribution >= 0.6 is 0 Å². The monoisotopic (exact) mass is 393 g/mol. The minimum Gasteiger partial charge on any atom is -0.480 e. The molecule has 2 aliphatic rings. The van der Waals surface area contributed by atoms with Gasteiger partial charge in [-0.2, -0.15) is 0 Å². The van der Waals surface area contributed by atoms with Crippen LogP contribution in [0.25, 0.3) is 0 Å². The van der Waals surface area contributed by atoms with Crippen LogP contribution in [0.4, 0.5) is 5.69 Å². The SMILES string of the molecule is Cc1cccc(C)c1NC(=O)CN1CCN(C(=O)[C@H]2Cc3ccccc3O2)CC1. The Labute approximate surface area is 171 Å². The van der Waals surface area contributed by atoms with Crippen molar-refractivity contribution in [3.63, 3.8) is 0 Å². The largest absolute Gasteiger partial charge is 0.480 e. The Hall–Kier alpha value is -2.86. The van der Waals surface area contributed by atoms with Crippen molar-refractivity contribution in [3.05, 3.63) is 59.2 Å². The van der Waals surface area contributed by atoms with E-state index in [4.69, 9.17) is 4.74 Å². The molecule has 2 heterocycles. The molecule has 152 valence electrons. The summed E-state index contributed by atoms with van der Waals surface area (Å²) in [6.07, 6.45) is 0.208. The average Bonchev–Trinajstić information content (AvgIpc) is 3.15. The van der Waals surface area contributed by atoms with Crippen LogP contribution in [0.1, 0.15) is 16.7 Å². The van der Waals surface area contributed by atoms with E-state index in [1.54, 1.807) is 0 Å². The highest BCUT2D eigenvalue weighted by Crippen LogP contribution is 2.29. The average molecular weight is 393 g/mol. The lowest BCUT2D eigenvalue weighted by molar-refractivity contribution is -0.139. The van der Waals surface area contributed by atoms with Crippen molar-refractivity contribution in [1.82, 2.24) is 9.80 Å². The zero-order valence-corrected chi connectivity index (χ0v) is 17.0. The highest BCUT2D eigenvalue weighted by Gasteiger charge is 2.33. The van der Waals surface area contributed by atoms with Crippen LogP contribution in [-0.2, 0) is 16.0 Å². The van der Waals surface area contributed by atoms with Gasteiger partial charge in [-0.25, -0.2) is 0 Å². The van der Waals surface area contributed by atoms with Gasteiger partial charge in [0.05, 0.1) is 6.54 Å². The number of aryl methyl sites for hydroxylation is 2. The summed E-state index contributed by atoms with van der Waals surface area (Å²) in [7, 11) is 0. The Morgan fingerprint density at radius 1 is 1.00 bits per heavy atom. The third kappa shape index (κ3) is 4.27. The van der Waals surface area contributed by atoms with Crippen LogP contribution < -0.4 is 10.1 Å². The number of hydrogen-bond acceptors (Lipinski definition) is 4. The predicted molar refractivity (Wildman–Crippen MR) is 112 cm³/mol. The predicted octanol–water partition coefficient (Wildman–Crippen LogP) is 2.39. The molecule has 0 aromatic heterocycles. The van der Waals surface area contributed by atoms with Gasteiger partial charge in [0.2, 0.25) is 5.91 Å². The van der Waals surface area contributed by atoms with E-state index in [0.717, 1.165) is 28.1 Å². The summed E-state index contributed by atoms with van der Waals surface area (Å²) in [5.74, 6) is 0.838. The van der Waals surface area contributed by atoms with Crippen LogP contribution in [0.15, 0.2) is 42.5 Å². The normalized spacial score (nSPS) is 18.8. The van der Waals surface area contributed by atoms with Crippen molar-refractivity contribution in [2.45, 2.75) is 26.4 Å². The Morgan fingerprint density at radius 3 is 2.38 bits per heavy atom. The maximum absolute atomic E-state index is 12.8. The minimum absolute atomic E-state index is 0.0169. The van der Waals surface area contributed by atoms with Crippen molar-refractivity contribution in [2.75, 3.05) is 38.0 Å². The zero-order chi connectivity index (χ0) is 20.4. The second-order valence-corrected chi connectivity index (χ2v) is 7.83. The number of nitrogens with zero attached hydrogens (tertiary/aromatic N) is 2. The van der Waals surface area contributed by atoms with E-state index in [9.17, 15) is 9.59 Å². The molecule has 1 atom stereocenters. The summed E-state index contributed by atoms with van der Waals surface area (Å²) in [6, 6.07) is 13.8. The Bertz CT molecular complexity index is 874. The first-order chi connectivity index (χ1) is 14.0. The molecule has 0 spiro atoms. The molecular weight excluding hydrogens is 366 g/mol. The van der Waals surface area contributed by atoms with Crippen LogP contribution in [-0.4, -0.2) is 60.4 Å². The molecule has 0 bridgehead atoms. The van der Waals surface area contributed by atoms with E-state index >= 15 is 0 Å². The van der Waals surface area contributed by atoms with E-state index in [0.29, 0.717) is 39.1 Å². The fourth-order valence-corrected chi connectivity index (χ4v) is 4.04. The number of benzene rings is 2. The van der Waals surface area contributed by atoms with Gasteiger partial charge in [0.15, 0.2) is 6.10 Å². The van der Waals surface area contributed by atoms with Gasteiger partial charge in [-0.05, 0) is 36.6 Å². The lowest BCUT2D eigenvalue weighted by Gasteiger charge is -2.35. The molecule has 2 aromatic carbocycles. The minimum atomic E-state index is -0.425. The fourth-order valence-electron chi connectivity index (χ4n) is 4.04. The first-order valence-electron chi connectivity index (χ1n) is 10.1. The fraction of sp³-hybridized carbons (Fsp3) is 0.391. The number of ether oxygens (including phenoxy) is 1. The number of fused-ring (bicyclic) bond motifs is 1. The van der Waals surface area contributed by atoms with Gasteiger partial charge in [-0.1, -0.05) is 36.4 Å². The highest BCUT2D eigenvalue weighted by atomic mass is 16.5.